The van der Waals surface area contributed by atoms with Gasteiger partial charge in [-0.3, -0.25) is 9.88 Å². The standard InChI is InChI=1S/C21H15N7O2S2/c29-21(30-16-4-1-14(2-5-16)19-24-26-27-25-19)28(12-13-7-9-22-10-8-13)15-3-6-17-18(11-15)32-20(31)23-17/h1-11H,12H2,(H,23,31)(H,24,25,26,27). The highest BCUT2D eigenvalue weighted by Gasteiger charge is 2.20. The molecule has 0 aliphatic heterocycles. The molecule has 0 aliphatic rings. The van der Waals surface area contributed by atoms with Crippen molar-refractivity contribution in [2.45, 2.75) is 10.9 Å². The zero-order valence-corrected chi connectivity index (χ0v) is 18.1. The van der Waals surface area contributed by atoms with E-state index in [9.17, 15) is 4.79 Å². The van der Waals surface area contributed by atoms with Crippen LogP contribution in [0.5, 0.6) is 5.75 Å². The molecule has 5 aromatic rings. The van der Waals surface area contributed by atoms with E-state index in [2.05, 4.69) is 43.2 Å². The molecule has 0 aliphatic carbocycles. The van der Waals surface area contributed by atoms with Gasteiger partial charge in [0.05, 0.1) is 16.8 Å². The molecule has 0 saturated carbocycles. The molecule has 3 aromatic heterocycles. The summed E-state index contributed by atoms with van der Waals surface area (Å²) < 4.78 is 7.28. The Morgan fingerprint density at radius 3 is 2.66 bits per heavy atom. The number of nitrogens with one attached hydrogen (secondary N) is 1. The Labute approximate surface area is 191 Å². The van der Waals surface area contributed by atoms with E-state index in [1.807, 2.05) is 30.3 Å². The summed E-state index contributed by atoms with van der Waals surface area (Å²) in [5, 5.41) is 13.8. The highest BCUT2D eigenvalue weighted by molar-refractivity contribution is 7.82. The molecule has 32 heavy (non-hydrogen) atoms. The van der Waals surface area contributed by atoms with E-state index in [1.54, 1.807) is 41.6 Å². The molecule has 0 radical (unpaired) electrons. The summed E-state index contributed by atoms with van der Waals surface area (Å²) in [7, 11) is 0. The summed E-state index contributed by atoms with van der Waals surface area (Å²) in [6.07, 6.45) is 2.87. The summed E-state index contributed by atoms with van der Waals surface area (Å²) in [5.74, 6) is 0.863. The number of thiol groups is 1. The molecule has 0 spiro atoms. The van der Waals surface area contributed by atoms with Crippen molar-refractivity contribution in [2.24, 2.45) is 0 Å². The number of hydrogen-bond donors (Lipinski definition) is 2. The SMILES string of the molecule is O=C(Oc1ccc(-c2nn[nH]n2)cc1)N(Cc1ccncc1)c1ccc2nc(S)sc2c1. The number of aromatic amines is 1. The van der Waals surface area contributed by atoms with Crippen molar-refractivity contribution in [1.29, 1.82) is 0 Å². The number of ether oxygens (including phenoxy) is 1. The van der Waals surface area contributed by atoms with Crippen LogP contribution in [0.3, 0.4) is 0 Å². The molecule has 9 nitrogen and oxygen atoms in total. The van der Waals surface area contributed by atoms with E-state index in [0.29, 0.717) is 28.1 Å². The van der Waals surface area contributed by atoms with E-state index in [0.717, 1.165) is 21.3 Å². The van der Waals surface area contributed by atoms with Crippen LogP contribution in [-0.2, 0) is 6.54 Å². The van der Waals surface area contributed by atoms with Crippen LogP contribution >= 0.6 is 24.0 Å². The Morgan fingerprint density at radius 1 is 1.09 bits per heavy atom. The second-order valence-electron chi connectivity index (χ2n) is 6.72. The predicted octanol–water partition coefficient (Wildman–Crippen LogP) is 4.37. The van der Waals surface area contributed by atoms with E-state index in [-0.39, 0.29) is 0 Å². The van der Waals surface area contributed by atoms with Gasteiger partial charge in [0.2, 0.25) is 5.82 Å². The normalized spacial score (nSPS) is 10.9. The topological polar surface area (TPSA) is 110 Å². The van der Waals surface area contributed by atoms with Gasteiger partial charge in [-0.1, -0.05) is 0 Å². The molecule has 0 saturated heterocycles. The number of pyridine rings is 1. The zero-order valence-electron chi connectivity index (χ0n) is 16.4. The molecule has 1 amide bonds. The van der Waals surface area contributed by atoms with Gasteiger partial charge in [-0.2, -0.15) is 5.21 Å². The van der Waals surface area contributed by atoms with E-state index in [1.165, 1.54) is 11.3 Å². The van der Waals surface area contributed by atoms with Crippen LogP contribution in [0.1, 0.15) is 5.56 Å². The molecular formula is C21H15N7O2S2. The fourth-order valence-corrected chi connectivity index (χ4v) is 4.25. The van der Waals surface area contributed by atoms with Crippen LogP contribution in [0.15, 0.2) is 71.3 Å². The molecule has 158 valence electrons. The smallest absolute Gasteiger partial charge is 0.410 e. The Hall–Kier alpha value is -3.83. The first-order chi connectivity index (χ1) is 15.7. The number of amides is 1. The van der Waals surface area contributed by atoms with E-state index in [4.69, 9.17) is 4.74 Å². The maximum atomic E-state index is 13.2. The van der Waals surface area contributed by atoms with Crippen LogP contribution in [0.25, 0.3) is 21.6 Å². The molecule has 1 N–H and O–H groups in total. The largest absolute Gasteiger partial charge is 0.420 e. The quantitative estimate of drug-likeness (QED) is 0.374. The number of anilines is 1. The first-order valence-electron chi connectivity index (χ1n) is 9.47. The second kappa shape index (κ2) is 8.73. The lowest BCUT2D eigenvalue weighted by Crippen LogP contribution is -2.33. The number of hydrogen-bond acceptors (Lipinski definition) is 9. The molecule has 0 bridgehead atoms. The van der Waals surface area contributed by atoms with Crippen molar-refractivity contribution < 1.29 is 9.53 Å². The zero-order chi connectivity index (χ0) is 21.9. The number of fused-ring (bicyclic) bond motifs is 1. The first kappa shape index (κ1) is 20.1. The number of tetrazole rings is 1. The summed E-state index contributed by atoms with van der Waals surface area (Å²) in [4.78, 5) is 23.2. The third kappa shape index (κ3) is 4.29. The van der Waals surface area contributed by atoms with Crippen molar-refractivity contribution in [3.63, 3.8) is 0 Å². The maximum Gasteiger partial charge on any atom is 0.420 e. The Balaban J connectivity index is 1.42. The number of thiazole rings is 1. The van der Waals surface area contributed by atoms with Gasteiger partial charge < -0.3 is 4.74 Å². The minimum absolute atomic E-state index is 0.320. The Morgan fingerprint density at radius 2 is 1.91 bits per heavy atom. The van der Waals surface area contributed by atoms with Gasteiger partial charge in [-0.25, -0.2) is 9.78 Å². The Kier molecular flexibility index (Phi) is 5.48. The van der Waals surface area contributed by atoms with Gasteiger partial charge in [0.25, 0.3) is 0 Å². The lowest BCUT2D eigenvalue weighted by Gasteiger charge is -2.22. The van der Waals surface area contributed by atoms with Crippen LogP contribution in [-0.4, -0.2) is 36.7 Å². The lowest BCUT2D eigenvalue weighted by molar-refractivity contribution is 0.207. The molecule has 11 heteroatoms. The number of carbonyl (C=O) groups excluding carboxylic acids is 1. The summed E-state index contributed by atoms with van der Waals surface area (Å²) >= 11 is 5.78. The third-order valence-electron chi connectivity index (χ3n) is 4.65. The lowest BCUT2D eigenvalue weighted by atomic mass is 10.2. The van der Waals surface area contributed by atoms with Crippen molar-refractivity contribution in [1.82, 2.24) is 30.6 Å². The highest BCUT2D eigenvalue weighted by Crippen LogP contribution is 2.30. The average Bonchev–Trinajstić information content (AvgIpc) is 3.47. The summed E-state index contributed by atoms with van der Waals surface area (Å²) in [6.45, 7) is 0.320. The van der Waals surface area contributed by atoms with Crippen LogP contribution in [0.2, 0.25) is 0 Å². The van der Waals surface area contributed by atoms with Gasteiger partial charge in [0.15, 0.2) is 0 Å². The molecule has 0 unspecified atom stereocenters. The highest BCUT2D eigenvalue weighted by atomic mass is 32.2. The number of nitrogens with zero attached hydrogens (tertiary/aromatic N) is 6. The van der Waals surface area contributed by atoms with E-state index < -0.39 is 6.09 Å². The number of rotatable bonds is 5. The monoisotopic (exact) mass is 461 g/mol. The minimum Gasteiger partial charge on any atom is -0.410 e. The Bertz CT molecular complexity index is 1360. The third-order valence-corrected chi connectivity index (χ3v) is 5.84. The second-order valence-corrected chi connectivity index (χ2v) is 8.47. The predicted molar refractivity (Wildman–Crippen MR) is 123 cm³/mol. The van der Waals surface area contributed by atoms with Crippen molar-refractivity contribution >= 4 is 46.0 Å². The van der Waals surface area contributed by atoms with Gasteiger partial charge in [-0.15, -0.1) is 34.2 Å². The molecule has 3 heterocycles. The van der Waals surface area contributed by atoms with Crippen LogP contribution in [0.4, 0.5) is 10.5 Å². The summed E-state index contributed by atoms with van der Waals surface area (Å²) in [5.41, 5.74) is 3.20. The molecule has 2 aromatic carbocycles. The number of carbonyl (C=O) groups is 1. The first-order valence-corrected chi connectivity index (χ1v) is 10.7. The van der Waals surface area contributed by atoms with Crippen molar-refractivity contribution in [2.75, 3.05) is 4.90 Å². The van der Waals surface area contributed by atoms with Crippen molar-refractivity contribution in [3.05, 3.63) is 72.6 Å². The molecular weight excluding hydrogens is 446 g/mol. The van der Waals surface area contributed by atoms with E-state index >= 15 is 0 Å². The minimum atomic E-state index is -0.510. The van der Waals surface area contributed by atoms with Crippen LogP contribution < -0.4 is 9.64 Å². The van der Waals surface area contributed by atoms with Crippen LogP contribution in [0, 0.1) is 0 Å². The number of H-pyrrole nitrogens is 1. The average molecular weight is 462 g/mol. The fourth-order valence-electron chi connectivity index (χ4n) is 3.11. The van der Waals surface area contributed by atoms with Gasteiger partial charge in [-0.05, 0) is 65.4 Å². The van der Waals surface area contributed by atoms with Crippen molar-refractivity contribution in [3.8, 4) is 17.1 Å². The fraction of sp³-hybridized carbons (Fsp3) is 0.0476. The molecule has 0 atom stereocenters. The number of benzene rings is 2. The van der Waals surface area contributed by atoms with Gasteiger partial charge in [0, 0.05) is 23.6 Å². The molecule has 5 rings (SSSR count). The van der Waals surface area contributed by atoms with Gasteiger partial charge >= 0.3 is 6.09 Å². The number of aromatic nitrogens is 6. The maximum absolute atomic E-state index is 13.2. The molecule has 0 fully saturated rings. The van der Waals surface area contributed by atoms with Gasteiger partial charge in [0.1, 0.15) is 10.1 Å². The summed E-state index contributed by atoms with van der Waals surface area (Å²) in [6, 6.07) is 16.2.